The third-order valence-corrected chi connectivity index (χ3v) is 5.95. The summed E-state index contributed by atoms with van der Waals surface area (Å²) >= 11 is 0. The van der Waals surface area contributed by atoms with E-state index in [9.17, 15) is 17.6 Å². The number of carbonyl (C=O) groups is 1. The number of unbranched alkanes of at least 4 members (excludes halogenated alkanes) is 1. The normalized spacial score (nSPS) is 12.9. The van der Waals surface area contributed by atoms with Crippen molar-refractivity contribution in [2.24, 2.45) is 0 Å². The molecule has 0 bridgehead atoms. The summed E-state index contributed by atoms with van der Waals surface area (Å²) in [7, 11) is -3.59. The quantitative estimate of drug-likeness (QED) is 0.439. The molecular weight excluding hydrogens is 443 g/mol. The number of aryl methyl sites for hydroxylation is 1. The molecule has 1 aromatic heterocycles. The highest BCUT2D eigenvalue weighted by Crippen LogP contribution is 2.28. The van der Waals surface area contributed by atoms with Crippen LogP contribution in [0.1, 0.15) is 76.6 Å². The lowest BCUT2D eigenvalue weighted by Crippen LogP contribution is -2.16. The average molecular weight is 479 g/mol. The van der Waals surface area contributed by atoms with Gasteiger partial charge in [0, 0.05) is 29.0 Å². The van der Waals surface area contributed by atoms with Gasteiger partial charge in [0.15, 0.2) is 0 Å². The van der Waals surface area contributed by atoms with Crippen LogP contribution in [0.3, 0.4) is 0 Å². The van der Waals surface area contributed by atoms with Gasteiger partial charge in [0.1, 0.15) is 11.6 Å². The number of pyridine rings is 1. The number of nitrogens with zero attached hydrogens (tertiary/aromatic N) is 1. The molecule has 6 nitrogen and oxygen atoms in total. The zero-order valence-electron chi connectivity index (χ0n) is 20.4. The second kappa shape index (κ2) is 11.1. The van der Waals surface area contributed by atoms with Crippen molar-refractivity contribution in [3.8, 4) is 5.88 Å². The first-order valence-electron chi connectivity index (χ1n) is 11.2. The Hall–Kier alpha value is -2.48. The minimum Gasteiger partial charge on any atom is -0.477 e. The van der Waals surface area contributed by atoms with Gasteiger partial charge in [-0.25, -0.2) is 17.8 Å². The number of rotatable bonds is 11. The number of hydrogen-bond acceptors (Lipinski definition) is 5. The molecule has 1 aromatic carbocycles. The van der Waals surface area contributed by atoms with Crippen molar-refractivity contribution in [2.75, 3.05) is 17.6 Å². The van der Waals surface area contributed by atoms with Gasteiger partial charge in [0.05, 0.1) is 18.6 Å². The van der Waals surface area contributed by atoms with E-state index >= 15 is 0 Å². The van der Waals surface area contributed by atoms with E-state index in [2.05, 4.69) is 32.4 Å². The highest BCUT2D eigenvalue weighted by molar-refractivity contribution is 7.92. The molecule has 1 unspecified atom stereocenters. The van der Waals surface area contributed by atoms with Crippen molar-refractivity contribution in [3.63, 3.8) is 0 Å². The Morgan fingerprint density at radius 1 is 1.21 bits per heavy atom. The van der Waals surface area contributed by atoms with Crippen molar-refractivity contribution < 1.29 is 22.3 Å². The summed E-state index contributed by atoms with van der Waals surface area (Å²) in [5.41, 5.74) is 2.04. The minimum absolute atomic E-state index is 0.0439. The molecule has 1 N–H and O–H groups in total. The van der Waals surface area contributed by atoms with Gasteiger partial charge in [-0.3, -0.25) is 9.52 Å². The molecule has 0 aliphatic carbocycles. The number of anilines is 1. The maximum absolute atomic E-state index is 14.3. The third kappa shape index (κ3) is 8.11. The number of nitrogens with one attached hydrogen (secondary N) is 1. The second-order valence-corrected chi connectivity index (χ2v) is 11.2. The molecule has 1 heterocycles. The molecule has 2 aromatic rings. The molecule has 0 saturated heterocycles. The highest BCUT2D eigenvalue weighted by Gasteiger charge is 2.21. The van der Waals surface area contributed by atoms with Crippen molar-refractivity contribution in [3.05, 3.63) is 53.0 Å². The molecule has 182 valence electrons. The van der Waals surface area contributed by atoms with Crippen LogP contribution in [0, 0.1) is 5.82 Å². The van der Waals surface area contributed by atoms with Gasteiger partial charge < -0.3 is 4.74 Å². The summed E-state index contributed by atoms with van der Waals surface area (Å²) in [6.45, 7) is 10.7. The molecule has 1 atom stereocenters. The number of benzene rings is 1. The average Bonchev–Trinajstić information content (AvgIpc) is 2.72. The fourth-order valence-electron chi connectivity index (χ4n) is 3.26. The first-order valence-corrected chi connectivity index (χ1v) is 13.1. The largest absolute Gasteiger partial charge is 0.477 e. The molecular formula is C25H35FN2O4S. The Morgan fingerprint density at radius 2 is 1.91 bits per heavy atom. The smallest absolute Gasteiger partial charge is 0.229 e. The standard InChI is InChI=1S/C25H35FN2O4S/c1-7-8-15-32-24-18(11-14-23(27-24)25(3,4)5)10-13-22(29)17(2)19-9-12-21(20(26)16-19)28-33(6,30)31/h9,11-12,14,16-17,28H,7-8,10,13,15H2,1-6H3. The minimum atomic E-state index is -3.59. The van der Waals surface area contributed by atoms with E-state index in [-0.39, 0.29) is 23.3 Å². The first-order chi connectivity index (χ1) is 15.3. The lowest BCUT2D eigenvalue weighted by molar-refractivity contribution is -0.120. The molecule has 0 fully saturated rings. The molecule has 0 saturated carbocycles. The Kier molecular flexibility index (Phi) is 9.00. The molecule has 0 radical (unpaired) electrons. The van der Waals surface area contributed by atoms with Crippen LogP contribution >= 0.6 is 0 Å². The van der Waals surface area contributed by atoms with Gasteiger partial charge in [-0.05, 0) is 36.6 Å². The van der Waals surface area contributed by atoms with Gasteiger partial charge in [0.2, 0.25) is 15.9 Å². The Bertz CT molecular complexity index is 1080. The summed E-state index contributed by atoms with van der Waals surface area (Å²) in [6, 6.07) is 8.05. The maximum atomic E-state index is 14.3. The van der Waals surface area contributed by atoms with E-state index in [0.29, 0.717) is 24.5 Å². The number of Topliss-reactive ketones (excluding diaryl/α,β-unsaturated/α-hetero) is 1. The lowest BCUT2D eigenvalue weighted by Gasteiger charge is -2.20. The molecule has 2 rings (SSSR count). The number of carbonyl (C=O) groups excluding carboxylic acids is 1. The van der Waals surface area contributed by atoms with Crippen LogP contribution in [0.4, 0.5) is 10.1 Å². The zero-order valence-corrected chi connectivity index (χ0v) is 21.2. The summed E-state index contributed by atoms with van der Waals surface area (Å²) in [4.78, 5) is 17.6. The Morgan fingerprint density at radius 3 is 2.48 bits per heavy atom. The van der Waals surface area contributed by atoms with Crippen LogP contribution in [-0.2, 0) is 26.7 Å². The first kappa shape index (κ1) is 26.8. The number of ether oxygens (including phenoxy) is 1. The number of sulfonamides is 1. The summed E-state index contributed by atoms with van der Waals surface area (Å²) in [6.07, 6.45) is 3.62. The maximum Gasteiger partial charge on any atom is 0.229 e. The summed E-state index contributed by atoms with van der Waals surface area (Å²) < 4.78 is 45.1. The number of ketones is 1. The SMILES string of the molecule is CCCCOc1nc(C(C)(C)C)ccc1CCC(=O)C(C)c1ccc(NS(C)(=O)=O)c(F)c1. The Balaban J connectivity index is 2.13. The van der Waals surface area contributed by atoms with Crippen LogP contribution in [0.5, 0.6) is 5.88 Å². The van der Waals surface area contributed by atoms with E-state index in [1.54, 1.807) is 13.0 Å². The van der Waals surface area contributed by atoms with Crippen molar-refractivity contribution in [1.29, 1.82) is 0 Å². The molecule has 33 heavy (non-hydrogen) atoms. The van der Waals surface area contributed by atoms with E-state index < -0.39 is 21.8 Å². The van der Waals surface area contributed by atoms with Crippen LogP contribution in [0.25, 0.3) is 0 Å². The summed E-state index contributed by atoms with van der Waals surface area (Å²) in [5, 5.41) is 0. The van der Waals surface area contributed by atoms with Gasteiger partial charge in [-0.2, -0.15) is 0 Å². The van der Waals surface area contributed by atoms with Gasteiger partial charge in [-0.1, -0.05) is 53.2 Å². The van der Waals surface area contributed by atoms with Crippen molar-refractivity contribution in [1.82, 2.24) is 4.98 Å². The van der Waals surface area contributed by atoms with Gasteiger partial charge in [-0.15, -0.1) is 0 Å². The monoisotopic (exact) mass is 478 g/mol. The van der Waals surface area contributed by atoms with E-state index in [4.69, 9.17) is 9.72 Å². The number of aromatic nitrogens is 1. The second-order valence-electron chi connectivity index (χ2n) is 9.41. The molecule has 0 aliphatic heterocycles. The van der Waals surface area contributed by atoms with Crippen molar-refractivity contribution >= 4 is 21.5 Å². The van der Waals surface area contributed by atoms with Crippen LogP contribution in [0.2, 0.25) is 0 Å². The Labute approximate surface area is 197 Å². The van der Waals surface area contributed by atoms with Crippen LogP contribution in [0.15, 0.2) is 30.3 Å². The fourth-order valence-corrected chi connectivity index (χ4v) is 3.82. The van der Waals surface area contributed by atoms with E-state index in [1.165, 1.54) is 12.1 Å². The lowest BCUT2D eigenvalue weighted by atomic mass is 9.90. The van der Waals surface area contributed by atoms with E-state index in [1.807, 2.05) is 12.1 Å². The molecule has 0 spiro atoms. The highest BCUT2D eigenvalue weighted by atomic mass is 32.2. The number of hydrogen-bond donors (Lipinski definition) is 1. The van der Waals surface area contributed by atoms with Gasteiger partial charge >= 0.3 is 0 Å². The van der Waals surface area contributed by atoms with Crippen LogP contribution in [-0.4, -0.2) is 32.0 Å². The molecule has 8 heteroatoms. The predicted molar refractivity (Wildman–Crippen MR) is 130 cm³/mol. The van der Waals surface area contributed by atoms with Crippen LogP contribution < -0.4 is 9.46 Å². The summed E-state index contributed by atoms with van der Waals surface area (Å²) in [5.74, 6) is -0.722. The fraction of sp³-hybridized carbons (Fsp3) is 0.520. The number of halogens is 1. The molecule has 0 amide bonds. The molecule has 0 aliphatic rings. The third-order valence-electron chi connectivity index (χ3n) is 5.36. The van der Waals surface area contributed by atoms with Gasteiger partial charge in [0.25, 0.3) is 0 Å². The predicted octanol–water partition coefficient (Wildman–Crippen LogP) is 5.37. The zero-order chi connectivity index (χ0) is 24.8. The van der Waals surface area contributed by atoms with Crippen molar-refractivity contribution in [2.45, 2.75) is 71.6 Å². The van der Waals surface area contributed by atoms with E-state index in [0.717, 1.165) is 30.4 Å². The topological polar surface area (TPSA) is 85.4 Å².